The molecule has 0 spiro atoms. The third-order valence-electron chi connectivity index (χ3n) is 6.85. The van der Waals surface area contributed by atoms with E-state index in [1.54, 1.807) is 30.0 Å². The van der Waals surface area contributed by atoms with Crippen LogP contribution in [0.15, 0.2) is 53.7 Å². The second-order valence-electron chi connectivity index (χ2n) is 9.69. The number of carbonyl (C=O) groups is 2. The zero-order valence-electron chi connectivity index (χ0n) is 22.4. The van der Waals surface area contributed by atoms with Crippen molar-refractivity contribution in [2.75, 3.05) is 25.0 Å². The van der Waals surface area contributed by atoms with E-state index < -0.39 is 21.1 Å². The van der Waals surface area contributed by atoms with E-state index in [4.69, 9.17) is 11.6 Å². The molecule has 1 aliphatic heterocycles. The molecule has 1 fully saturated rings. The summed E-state index contributed by atoms with van der Waals surface area (Å²) in [4.78, 5) is 31.3. The number of anilines is 2. The Balaban J connectivity index is 1.63. The molecular weight excluding hydrogens is 557 g/mol. The van der Waals surface area contributed by atoms with Crippen LogP contribution in [-0.2, 0) is 10.0 Å². The van der Waals surface area contributed by atoms with Gasteiger partial charge in [-0.15, -0.1) is 0 Å². The van der Waals surface area contributed by atoms with Crippen molar-refractivity contribution in [2.24, 2.45) is 0 Å². The number of aromatic nitrogens is 1. The Morgan fingerprint density at radius 2 is 1.73 bits per heavy atom. The number of nitrogens with one attached hydrogen (secondary N) is 3. The number of amides is 3. The molecule has 0 unspecified atom stereocenters. The highest BCUT2D eigenvalue weighted by atomic mass is 35.5. The lowest BCUT2D eigenvalue weighted by atomic mass is 9.89. The highest BCUT2D eigenvalue weighted by Crippen LogP contribution is 2.32. The number of rotatable bonds is 7. The van der Waals surface area contributed by atoms with Crippen LogP contribution < -0.4 is 15.4 Å². The number of carbonyl (C=O) groups excluding carboxylic acids is 2. The summed E-state index contributed by atoms with van der Waals surface area (Å²) in [5, 5.41) is 5.71. The first-order valence-corrected chi connectivity index (χ1v) is 14.7. The summed E-state index contributed by atoms with van der Waals surface area (Å²) in [6.07, 6.45) is 2.61. The molecule has 212 valence electrons. The van der Waals surface area contributed by atoms with E-state index in [1.807, 2.05) is 24.6 Å². The van der Waals surface area contributed by atoms with E-state index in [-0.39, 0.29) is 35.4 Å². The lowest BCUT2D eigenvalue weighted by Gasteiger charge is -2.32. The molecule has 1 saturated heterocycles. The molecule has 12 heteroatoms. The predicted molar refractivity (Wildman–Crippen MR) is 152 cm³/mol. The van der Waals surface area contributed by atoms with Crippen molar-refractivity contribution in [3.63, 3.8) is 0 Å². The standard InChI is InChI=1S/C28H31ClFN5O4S/c1-4-31-28(37)34-40(38,39)26-15-25(33-24-14-17(2)23(29)13-18(24)3)22(16-32-26)27(36)35-11-9-20(10-12-35)19-5-7-21(30)8-6-19/h5-8,13-16,20H,4,9-12H2,1-3H3,(H,32,33)(H2,31,34,37). The molecule has 0 atom stereocenters. The fourth-order valence-corrected chi connectivity index (χ4v) is 5.71. The van der Waals surface area contributed by atoms with Gasteiger partial charge in [0, 0.05) is 42.6 Å². The largest absolute Gasteiger partial charge is 0.355 e. The van der Waals surface area contributed by atoms with Gasteiger partial charge in [0.25, 0.3) is 15.9 Å². The van der Waals surface area contributed by atoms with Gasteiger partial charge in [-0.2, -0.15) is 8.42 Å². The number of benzene rings is 2. The maximum Gasteiger partial charge on any atom is 0.328 e. The minimum atomic E-state index is -4.32. The third-order valence-corrected chi connectivity index (χ3v) is 8.48. The van der Waals surface area contributed by atoms with Crippen LogP contribution >= 0.6 is 11.6 Å². The van der Waals surface area contributed by atoms with Gasteiger partial charge in [-0.05, 0) is 80.5 Å². The normalized spacial score (nSPS) is 14.1. The van der Waals surface area contributed by atoms with Gasteiger partial charge < -0.3 is 15.5 Å². The number of hydrogen-bond acceptors (Lipinski definition) is 6. The van der Waals surface area contributed by atoms with E-state index in [0.29, 0.717) is 36.6 Å². The minimum absolute atomic E-state index is 0.184. The average molecular weight is 588 g/mol. The van der Waals surface area contributed by atoms with Gasteiger partial charge in [0.15, 0.2) is 5.03 Å². The second-order valence-corrected chi connectivity index (χ2v) is 11.7. The van der Waals surface area contributed by atoms with E-state index in [2.05, 4.69) is 15.6 Å². The molecule has 1 aromatic heterocycles. The first-order chi connectivity index (χ1) is 19.0. The Bertz CT molecular complexity index is 1520. The van der Waals surface area contributed by atoms with Gasteiger partial charge in [-0.3, -0.25) is 4.79 Å². The topological polar surface area (TPSA) is 120 Å². The smallest absolute Gasteiger partial charge is 0.328 e. The van der Waals surface area contributed by atoms with Gasteiger partial charge in [-0.1, -0.05) is 23.7 Å². The van der Waals surface area contributed by atoms with Crippen LogP contribution in [-0.4, -0.2) is 49.9 Å². The molecule has 0 aliphatic carbocycles. The summed E-state index contributed by atoms with van der Waals surface area (Å²) in [5.41, 5.74) is 3.66. The number of piperidine rings is 1. The molecule has 0 saturated carbocycles. The summed E-state index contributed by atoms with van der Waals surface area (Å²) >= 11 is 6.25. The van der Waals surface area contributed by atoms with Crippen molar-refractivity contribution in [3.05, 3.63) is 81.8 Å². The summed E-state index contributed by atoms with van der Waals surface area (Å²) in [6.45, 7) is 6.51. The number of sulfonamides is 1. The van der Waals surface area contributed by atoms with Crippen molar-refractivity contribution < 1.29 is 22.4 Å². The SMILES string of the molecule is CCNC(=O)NS(=O)(=O)c1cc(Nc2cc(C)c(Cl)cc2C)c(C(=O)N2CCC(c3ccc(F)cc3)CC2)cn1. The zero-order valence-corrected chi connectivity index (χ0v) is 24.0. The van der Waals surface area contributed by atoms with Crippen LogP contribution in [0, 0.1) is 19.7 Å². The van der Waals surface area contributed by atoms with E-state index in [9.17, 15) is 22.4 Å². The summed E-state index contributed by atoms with van der Waals surface area (Å²) < 4.78 is 41.0. The first kappa shape index (κ1) is 29.3. The van der Waals surface area contributed by atoms with E-state index in [0.717, 1.165) is 16.7 Å². The number of hydrogen-bond donors (Lipinski definition) is 3. The molecule has 0 bridgehead atoms. The predicted octanol–water partition coefficient (Wildman–Crippen LogP) is 5.26. The summed E-state index contributed by atoms with van der Waals surface area (Å²) in [7, 11) is -4.32. The Morgan fingerprint density at radius 1 is 1.05 bits per heavy atom. The summed E-state index contributed by atoms with van der Waals surface area (Å²) in [5.74, 6) is -0.397. The Kier molecular flexibility index (Phi) is 8.95. The fourth-order valence-electron chi connectivity index (χ4n) is 4.61. The van der Waals surface area contributed by atoms with Gasteiger partial charge in [-0.25, -0.2) is 18.9 Å². The van der Waals surface area contributed by atoms with Gasteiger partial charge in [0.1, 0.15) is 5.82 Å². The number of aryl methyl sites for hydroxylation is 2. The molecule has 2 aromatic carbocycles. The highest BCUT2D eigenvalue weighted by molar-refractivity contribution is 7.90. The quantitative estimate of drug-likeness (QED) is 0.347. The van der Waals surface area contributed by atoms with Gasteiger partial charge in [0.05, 0.1) is 11.3 Å². The molecule has 2 heterocycles. The number of halogens is 2. The number of nitrogens with zero attached hydrogens (tertiary/aromatic N) is 2. The van der Waals surface area contributed by atoms with Crippen LogP contribution in [0.4, 0.5) is 20.6 Å². The number of likely N-dealkylation sites (tertiary alicyclic amines) is 1. The molecule has 1 aliphatic rings. The van der Waals surface area contributed by atoms with Gasteiger partial charge in [0.2, 0.25) is 0 Å². The fraction of sp³-hybridized carbons (Fsp3) is 0.321. The molecule has 0 radical (unpaired) electrons. The zero-order chi connectivity index (χ0) is 29.0. The van der Waals surface area contributed by atoms with Crippen LogP contribution in [0.3, 0.4) is 0 Å². The molecule has 4 rings (SSSR count). The Hall–Kier alpha value is -3.70. The second kappa shape index (κ2) is 12.2. The molecule has 40 heavy (non-hydrogen) atoms. The average Bonchev–Trinajstić information content (AvgIpc) is 2.91. The van der Waals surface area contributed by atoms with Crippen molar-refractivity contribution in [2.45, 2.75) is 44.6 Å². The molecular formula is C28H31ClFN5O4S. The molecule has 9 nitrogen and oxygen atoms in total. The van der Waals surface area contributed by atoms with Crippen LogP contribution in [0.2, 0.25) is 5.02 Å². The Morgan fingerprint density at radius 3 is 2.38 bits per heavy atom. The van der Waals surface area contributed by atoms with Crippen LogP contribution in [0.25, 0.3) is 0 Å². The number of pyridine rings is 1. The van der Waals surface area contributed by atoms with Crippen molar-refractivity contribution in [1.82, 2.24) is 19.9 Å². The van der Waals surface area contributed by atoms with Crippen molar-refractivity contribution in [1.29, 1.82) is 0 Å². The first-order valence-electron chi connectivity index (χ1n) is 12.9. The van der Waals surface area contributed by atoms with Crippen molar-refractivity contribution >= 4 is 44.9 Å². The maximum atomic E-state index is 13.7. The lowest BCUT2D eigenvalue weighted by Crippen LogP contribution is -2.40. The Labute approximate surface area is 238 Å². The van der Waals surface area contributed by atoms with Crippen LogP contribution in [0.1, 0.15) is 52.7 Å². The molecule has 3 N–H and O–H groups in total. The summed E-state index contributed by atoms with van der Waals surface area (Å²) in [6, 6.07) is 10.4. The van der Waals surface area contributed by atoms with Gasteiger partial charge >= 0.3 is 6.03 Å². The maximum absolute atomic E-state index is 13.7. The number of urea groups is 1. The third kappa shape index (κ3) is 6.71. The molecule has 3 aromatic rings. The van der Waals surface area contributed by atoms with Crippen LogP contribution in [0.5, 0.6) is 0 Å². The van der Waals surface area contributed by atoms with Crippen molar-refractivity contribution in [3.8, 4) is 0 Å². The highest BCUT2D eigenvalue weighted by Gasteiger charge is 2.28. The minimum Gasteiger partial charge on any atom is -0.355 e. The van der Waals surface area contributed by atoms with E-state index in [1.165, 1.54) is 24.4 Å². The monoisotopic (exact) mass is 587 g/mol. The molecule has 3 amide bonds. The van der Waals surface area contributed by atoms with E-state index >= 15 is 0 Å². The lowest BCUT2D eigenvalue weighted by molar-refractivity contribution is 0.0713.